The maximum Gasteiger partial charge on any atom is 0.335 e. The number of para-hydroxylation sites is 2. The molecule has 178 valence electrons. The SMILES string of the molecule is CCC.Cn1c(=O)n(-c2nc(C(=O)Nc3cnccc3N3CCNCC3)cs2)c2ccccc21. The zero-order chi connectivity index (χ0) is 24.1. The van der Waals surface area contributed by atoms with Gasteiger partial charge in [-0.25, -0.2) is 14.3 Å². The van der Waals surface area contributed by atoms with Gasteiger partial charge in [-0.1, -0.05) is 32.4 Å². The smallest absolute Gasteiger partial charge is 0.335 e. The Morgan fingerprint density at radius 2 is 1.85 bits per heavy atom. The standard InChI is InChI=1S/C21H21N7O2S.C3H8/c1-26-17-4-2-3-5-18(17)28(21(26)30)20-25-15(13-31-20)19(29)24-14-12-23-7-6-16(14)27-10-8-22-9-11-27;1-3-2/h2-7,12-13,22H,8-11H2,1H3,(H,24,29);3H2,1-2H3. The van der Waals surface area contributed by atoms with Crippen LogP contribution in [0, 0.1) is 0 Å². The zero-order valence-corrected chi connectivity index (χ0v) is 20.4. The Morgan fingerprint density at radius 1 is 1.15 bits per heavy atom. The lowest BCUT2D eigenvalue weighted by Crippen LogP contribution is -2.43. The van der Waals surface area contributed by atoms with Crippen molar-refractivity contribution in [3.05, 3.63) is 64.3 Å². The first kappa shape index (κ1) is 23.7. The van der Waals surface area contributed by atoms with Gasteiger partial charge in [-0.2, -0.15) is 0 Å². The number of nitrogens with one attached hydrogen (secondary N) is 2. The molecule has 2 N–H and O–H groups in total. The summed E-state index contributed by atoms with van der Waals surface area (Å²) in [4.78, 5) is 36.5. The van der Waals surface area contributed by atoms with E-state index in [1.54, 1.807) is 29.4 Å². The average molecular weight is 480 g/mol. The first-order valence-electron chi connectivity index (χ1n) is 11.4. The van der Waals surface area contributed by atoms with Gasteiger partial charge in [-0.05, 0) is 18.2 Å². The highest BCUT2D eigenvalue weighted by atomic mass is 32.1. The number of rotatable bonds is 4. The number of amides is 1. The molecular formula is C24H29N7O2S. The maximum absolute atomic E-state index is 12.9. The highest BCUT2D eigenvalue weighted by Crippen LogP contribution is 2.26. The molecule has 9 nitrogen and oxygen atoms in total. The fourth-order valence-electron chi connectivity index (χ4n) is 3.80. The quantitative estimate of drug-likeness (QED) is 0.466. The molecule has 1 fully saturated rings. The van der Waals surface area contributed by atoms with Gasteiger partial charge >= 0.3 is 5.69 Å². The number of hydrogen-bond acceptors (Lipinski definition) is 7. The molecule has 3 aromatic heterocycles. The largest absolute Gasteiger partial charge is 0.367 e. The molecule has 5 rings (SSSR count). The van der Waals surface area contributed by atoms with Crippen molar-refractivity contribution in [2.24, 2.45) is 7.05 Å². The van der Waals surface area contributed by atoms with E-state index >= 15 is 0 Å². The van der Waals surface area contributed by atoms with Crippen molar-refractivity contribution in [3.8, 4) is 5.13 Å². The summed E-state index contributed by atoms with van der Waals surface area (Å²) in [5.41, 5.74) is 3.21. The molecule has 0 spiro atoms. The summed E-state index contributed by atoms with van der Waals surface area (Å²) in [6.45, 7) is 7.76. The van der Waals surface area contributed by atoms with Gasteiger partial charge in [0.1, 0.15) is 5.69 Å². The predicted molar refractivity (Wildman–Crippen MR) is 137 cm³/mol. The monoisotopic (exact) mass is 479 g/mol. The molecule has 1 saturated heterocycles. The number of nitrogens with zero attached hydrogens (tertiary/aromatic N) is 5. The number of imidazole rings is 1. The van der Waals surface area contributed by atoms with E-state index in [2.05, 4.69) is 39.3 Å². The third-order valence-corrected chi connectivity index (χ3v) is 6.21. The Labute approximate surface area is 202 Å². The summed E-state index contributed by atoms with van der Waals surface area (Å²) in [7, 11) is 1.72. The molecule has 0 atom stereocenters. The Morgan fingerprint density at radius 3 is 2.59 bits per heavy atom. The molecule has 4 aromatic rings. The van der Waals surface area contributed by atoms with Crippen LogP contribution in [0.4, 0.5) is 11.4 Å². The van der Waals surface area contributed by atoms with E-state index < -0.39 is 0 Å². The number of thiazole rings is 1. The van der Waals surface area contributed by atoms with E-state index in [1.165, 1.54) is 22.3 Å². The molecule has 1 amide bonds. The van der Waals surface area contributed by atoms with Crippen LogP contribution in [0.2, 0.25) is 0 Å². The lowest BCUT2D eigenvalue weighted by atomic mass is 10.2. The molecule has 4 heterocycles. The number of piperazine rings is 1. The van der Waals surface area contributed by atoms with Crippen LogP contribution < -0.4 is 21.2 Å². The lowest BCUT2D eigenvalue weighted by Gasteiger charge is -2.30. The van der Waals surface area contributed by atoms with Crippen LogP contribution in [-0.2, 0) is 7.05 Å². The maximum atomic E-state index is 12.9. The third-order valence-electron chi connectivity index (χ3n) is 5.38. The highest BCUT2D eigenvalue weighted by Gasteiger charge is 2.20. The van der Waals surface area contributed by atoms with Crippen LogP contribution in [0.1, 0.15) is 30.8 Å². The number of fused-ring (bicyclic) bond motifs is 1. The molecular weight excluding hydrogens is 450 g/mol. The van der Waals surface area contributed by atoms with E-state index in [1.807, 2.05) is 30.3 Å². The van der Waals surface area contributed by atoms with Gasteiger partial charge in [-0.3, -0.25) is 14.3 Å². The Bertz CT molecular complexity index is 1330. The van der Waals surface area contributed by atoms with Gasteiger partial charge in [-0.15, -0.1) is 11.3 Å². The van der Waals surface area contributed by atoms with Gasteiger partial charge < -0.3 is 15.5 Å². The molecule has 0 radical (unpaired) electrons. The minimum atomic E-state index is -0.333. The van der Waals surface area contributed by atoms with Crippen molar-refractivity contribution < 1.29 is 4.79 Å². The van der Waals surface area contributed by atoms with Crippen molar-refractivity contribution in [1.29, 1.82) is 0 Å². The summed E-state index contributed by atoms with van der Waals surface area (Å²) in [6, 6.07) is 9.42. The Balaban J connectivity index is 0.000000868. The van der Waals surface area contributed by atoms with Crippen molar-refractivity contribution in [2.45, 2.75) is 20.3 Å². The number of hydrogen-bond donors (Lipinski definition) is 2. The lowest BCUT2D eigenvalue weighted by molar-refractivity contribution is 0.102. The first-order chi connectivity index (χ1) is 16.5. The topological polar surface area (TPSA) is 97.1 Å². The van der Waals surface area contributed by atoms with Gasteiger partial charge in [0.15, 0.2) is 5.13 Å². The number of aromatic nitrogens is 4. The highest BCUT2D eigenvalue weighted by molar-refractivity contribution is 7.12. The Hall–Kier alpha value is -3.50. The minimum absolute atomic E-state index is 0.198. The number of pyridine rings is 1. The van der Waals surface area contributed by atoms with Crippen LogP contribution in [0.5, 0.6) is 0 Å². The molecule has 10 heteroatoms. The van der Waals surface area contributed by atoms with Crippen molar-refractivity contribution in [3.63, 3.8) is 0 Å². The summed E-state index contributed by atoms with van der Waals surface area (Å²) in [5.74, 6) is -0.333. The fourth-order valence-corrected chi connectivity index (χ4v) is 4.61. The summed E-state index contributed by atoms with van der Waals surface area (Å²) in [5, 5.41) is 8.38. The molecule has 34 heavy (non-hydrogen) atoms. The molecule has 1 aliphatic heterocycles. The number of benzene rings is 1. The fraction of sp³-hybridized carbons (Fsp3) is 0.333. The van der Waals surface area contributed by atoms with Gasteiger partial charge in [0.25, 0.3) is 5.91 Å². The van der Waals surface area contributed by atoms with Gasteiger partial charge in [0, 0.05) is 44.8 Å². The molecule has 1 aromatic carbocycles. The molecule has 0 saturated carbocycles. The van der Waals surface area contributed by atoms with Crippen LogP contribution >= 0.6 is 11.3 Å². The Kier molecular flexibility index (Phi) is 7.39. The average Bonchev–Trinajstić information content (AvgIpc) is 3.44. The summed E-state index contributed by atoms with van der Waals surface area (Å²) < 4.78 is 3.11. The van der Waals surface area contributed by atoms with Crippen molar-refractivity contribution in [2.75, 3.05) is 36.4 Å². The second-order valence-electron chi connectivity index (χ2n) is 7.97. The second-order valence-corrected chi connectivity index (χ2v) is 8.81. The van der Waals surface area contributed by atoms with Crippen LogP contribution in [0.25, 0.3) is 16.2 Å². The molecule has 0 aliphatic carbocycles. The van der Waals surface area contributed by atoms with E-state index in [0.29, 0.717) is 10.8 Å². The zero-order valence-electron chi connectivity index (χ0n) is 19.6. The molecule has 0 bridgehead atoms. The second kappa shape index (κ2) is 10.6. The predicted octanol–water partition coefficient (Wildman–Crippen LogP) is 3.26. The summed E-state index contributed by atoms with van der Waals surface area (Å²) in [6.07, 6.45) is 4.62. The number of carbonyl (C=O) groups is 1. The van der Waals surface area contributed by atoms with E-state index in [9.17, 15) is 9.59 Å². The third kappa shape index (κ3) is 4.73. The number of anilines is 2. The van der Waals surface area contributed by atoms with Gasteiger partial charge in [0.2, 0.25) is 0 Å². The number of aryl methyl sites for hydroxylation is 1. The molecule has 0 unspecified atom stereocenters. The molecule has 1 aliphatic rings. The normalized spacial score (nSPS) is 13.4. The first-order valence-corrected chi connectivity index (χ1v) is 12.3. The summed E-state index contributed by atoms with van der Waals surface area (Å²) >= 11 is 1.26. The van der Waals surface area contributed by atoms with E-state index in [-0.39, 0.29) is 17.3 Å². The minimum Gasteiger partial charge on any atom is -0.367 e. The van der Waals surface area contributed by atoms with Crippen LogP contribution in [0.15, 0.2) is 52.9 Å². The van der Waals surface area contributed by atoms with Crippen LogP contribution in [0.3, 0.4) is 0 Å². The van der Waals surface area contributed by atoms with Crippen molar-refractivity contribution in [1.82, 2.24) is 24.4 Å². The van der Waals surface area contributed by atoms with Gasteiger partial charge in [0.05, 0.1) is 28.6 Å². The van der Waals surface area contributed by atoms with Crippen molar-refractivity contribution >= 4 is 39.7 Å². The van der Waals surface area contributed by atoms with E-state index in [0.717, 1.165) is 42.9 Å². The van der Waals surface area contributed by atoms with E-state index in [4.69, 9.17) is 0 Å². The van der Waals surface area contributed by atoms with Crippen LogP contribution in [-0.4, -0.2) is 51.2 Å². The number of carbonyl (C=O) groups excluding carboxylic acids is 1.